The highest BCUT2D eigenvalue weighted by molar-refractivity contribution is 5.65. The highest BCUT2D eigenvalue weighted by Gasteiger charge is 3.01. The van der Waals surface area contributed by atoms with Gasteiger partial charge >= 0.3 is 155 Å². The Balaban J connectivity index is 8.61. The van der Waals surface area contributed by atoms with E-state index in [0.29, 0.717) is 0 Å². The van der Waals surface area contributed by atoms with Crippen molar-refractivity contribution in [3.63, 3.8) is 0 Å². The second-order valence-electron chi connectivity index (χ2n) is 17.7. The van der Waals surface area contributed by atoms with Crippen LogP contribution >= 0.6 is 0 Å². The zero-order chi connectivity index (χ0) is 72.2. The fraction of sp³-hybridized carbons (Fsp3) is 0.941. The molecule has 0 fully saturated rings. The van der Waals surface area contributed by atoms with Crippen molar-refractivity contribution in [2.75, 3.05) is 6.54 Å². The number of hydrogen-bond acceptors (Lipinski definition) is 2. The molecule has 2 amide bonds. The summed E-state index contributed by atoms with van der Waals surface area (Å²) in [4.78, 5) is 22.1. The summed E-state index contributed by atoms with van der Waals surface area (Å²) in [5.41, 5.74) is -6.10. The summed E-state index contributed by atoms with van der Waals surface area (Å²) >= 11 is 0. The molecule has 0 rings (SSSR count). The van der Waals surface area contributed by atoms with Gasteiger partial charge in [-0.05, 0) is 12.8 Å². The third-order valence-electron chi connectivity index (χ3n) is 11.7. The standard InChI is InChI=1S/C34H20F48N2O4/c35-8(36)15(43,44)19(51,52)23(59,60)27(67,68)31(75,76)33(79,80)29(71,72)25(63,64)21(55,56)17(47,48)13(39,40)6-12(84-11(87)88,4-2-1-3-5-83-10(85)86)7-14(41,42)18(49,50)22(57,58)26(65,66)30(73,74)34(81,82)32(77,78)28(69,70)24(61,62)20(53,54)16(45,46)9(37)38/h8-9,83-84H,1-7H2,(H,85,86)(H,87,88). The van der Waals surface area contributed by atoms with E-state index >= 15 is 35.1 Å². The minimum Gasteiger partial charge on any atom is -0.465 e. The summed E-state index contributed by atoms with van der Waals surface area (Å²) in [5.74, 6) is -213. The summed E-state index contributed by atoms with van der Waals surface area (Å²) in [6, 6.07) is 0. The molecule has 6 nitrogen and oxygen atoms in total. The Morgan fingerprint density at radius 2 is 0.466 bits per heavy atom. The SMILES string of the molecule is O=C(O)NCCCCCC(CC(F)(F)C(F)(F)C(F)(F)C(F)(F)C(F)(F)C(F)(F)C(F)(F)C(F)(F)C(F)(F)C(F)(F)C(F)(F)C(F)F)(CC(F)(F)C(F)(F)C(F)(F)C(F)(F)C(F)(F)C(F)(F)C(F)(F)C(F)(F)C(F)(F)C(F)(F)C(F)(F)C(F)F)NC(=O)O. The average Bonchev–Trinajstić information content (AvgIpc) is 3.30. The Labute approximate surface area is 448 Å². The lowest BCUT2D eigenvalue weighted by molar-refractivity contribution is -0.477. The normalized spacial score (nSPS) is 16.4. The highest BCUT2D eigenvalue weighted by Crippen LogP contribution is 2.71. The van der Waals surface area contributed by atoms with E-state index in [1.807, 2.05) is 0 Å². The fourth-order valence-corrected chi connectivity index (χ4v) is 6.56. The fourth-order valence-electron chi connectivity index (χ4n) is 6.56. The monoisotopic (exact) mass is 1430 g/mol. The molecule has 0 atom stereocenters. The van der Waals surface area contributed by atoms with E-state index in [1.54, 1.807) is 0 Å². The topological polar surface area (TPSA) is 98.7 Å². The van der Waals surface area contributed by atoms with Crippen molar-refractivity contribution in [3.8, 4) is 0 Å². The van der Waals surface area contributed by atoms with Crippen molar-refractivity contribution in [2.45, 2.75) is 187 Å². The van der Waals surface area contributed by atoms with Gasteiger partial charge in [0.1, 0.15) is 0 Å². The number of carbonyl (C=O) groups is 2. The Morgan fingerprint density at radius 3 is 0.648 bits per heavy atom. The van der Waals surface area contributed by atoms with E-state index in [2.05, 4.69) is 0 Å². The van der Waals surface area contributed by atoms with Gasteiger partial charge in [0.2, 0.25) is 0 Å². The number of alkyl halides is 48. The van der Waals surface area contributed by atoms with Crippen LogP contribution in [0.25, 0.3) is 0 Å². The molecule has 0 heterocycles. The summed E-state index contributed by atoms with van der Waals surface area (Å²) in [7, 11) is 0. The van der Waals surface area contributed by atoms with Crippen molar-refractivity contribution < 1.29 is 231 Å². The zero-order valence-electron chi connectivity index (χ0n) is 39.5. The van der Waals surface area contributed by atoms with E-state index in [-0.39, 0.29) is 0 Å². The Bertz CT molecular complexity index is 2300. The number of unbranched alkanes of at least 4 members (excludes halogenated alkanes) is 2. The summed E-state index contributed by atoms with van der Waals surface area (Å²) < 4.78 is 679. The van der Waals surface area contributed by atoms with Crippen molar-refractivity contribution in [3.05, 3.63) is 0 Å². The number of nitrogens with one attached hydrogen (secondary N) is 2. The third-order valence-corrected chi connectivity index (χ3v) is 11.7. The van der Waals surface area contributed by atoms with Crippen LogP contribution < -0.4 is 10.6 Å². The molecule has 0 bridgehead atoms. The van der Waals surface area contributed by atoms with Crippen LogP contribution in [0.3, 0.4) is 0 Å². The first-order valence-electron chi connectivity index (χ1n) is 20.5. The van der Waals surface area contributed by atoms with Gasteiger partial charge in [0, 0.05) is 19.4 Å². The molecule has 0 saturated heterocycles. The van der Waals surface area contributed by atoms with Crippen molar-refractivity contribution in [1.29, 1.82) is 0 Å². The molecule has 0 aromatic rings. The molecule has 88 heavy (non-hydrogen) atoms. The van der Waals surface area contributed by atoms with Gasteiger partial charge in [-0.25, -0.2) is 27.2 Å². The molecule has 0 spiro atoms. The second kappa shape index (κ2) is 22.8. The van der Waals surface area contributed by atoms with Crippen LogP contribution in [0.15, 0.2) is 0 Å². The summed E-state index contributed by atoms with van der Waals surface area (Å²) in [6.07, 6.45) is -38.2. The van der Waals surface area contributed by atoms with Crippen LogP contribution in [0.1, 0.15) is 38.5 Å². The molecule has 0 unspecified atom stereocenters. The zero-order valence-corrected chi connectivity index (χ0v) is 39.5. The van der Waals surface area contributed by atoms with Gasteiger partial charge in [-0.15, -0.1) is 0 Å². The first kappa shape index (κ1) is 83.2. The van der Waals surface area contributed by atoms with Crippen LogP contribution in [0.5, 0.6) is 0 Å². The molecule has 526 valence electrons. The van der Waals surface area contributed by atoms with Gasteiger partial charge < -0.3 is 20.8 Å². The van der Waals surface area contributed by atoms with E-state index in [0.717, 1.165) is 0 Å². The maximum absolute atomic E-state index is 15.4. The van der Waals surface area contributed by atoms with Crippen LogP contribution in [0, 0.1) is 0 Å². The van der Waals surface area contributed by atoms with E-state index in [4.69, 9.17) is 10.2 Å². The minimum absolute atomic E-state index is 0.442. The first-order valence-corrected chi connectivity index (χ1v) is 20.5. The maximum atomic E-state index is 15.4. The maximum Gasteiger partial charge on any atom is 0.405 e. The van der Waals surface area contributed by atoms with Crippen LogP contribution in [-0.4, -0.2) is 178 Å². The van der Waals surface area contributed by atoms with Gasteiger partial charge in [0.05, 0.1) is 5.54 Å². The number of halogens is 48. The van der Waals surface area contributed by atoms with Crippen LogP contribution in [0.4, 0.5) is 220 Å². The van der Waals surface area contributed by atoms with E-state index in [9.17, 15) is 185 Å². The smallest absolute Gasteiger partial charge is 0.405 e. The van der Waals surface area contributed by atoms with E-state index in [1.165, 1.54) is 5.32 Å². The molecule has 0 aromatic carbocycles. The number of rotatable bonds is 33. The largest absolute Gasteiger partial charge is 0.465 e. The highest BCUT2D eigenvalue weighted by atomic mass is 19.4. The van der Waals surface area contributed by atoms with E-state index < -0.39 is 211 Å². The molecule has 0 aliphatic carbocycles. The second-order valence-corrected chi connectivity index (χ2v) is 17.7. The number of carboxylic acid groups (broad SMARTS) is 2. The molecule has 0 aliphatic heterocycles. The van der Waals surface area contributed by atoms with Crippen LogP contribution in [-0.2, 0) is 0 Å². The molecule has 0 aliphatic rings. The lowest BCUT2D eigenvalue weighted by atomic mass is 9.76. The summed E-state index contributed by atoms with van der Waals surface area (Å²) in [5, 5.41) is 18.2. The average molecular weight is 1430 g/mol. The third kappa shape index (κ3) is 11.4. The Morgan fingerprint density at radius 1 is 0.273 bits per heavy atom. The molecule has 4 N–H and O–H groups in total. The Hall–Kier alpha value is -4.82. The number of amides is 2. The molecule has 54 heteroatoms. The van der Waals surface area contributed by atoms with Gasteiger partial charge in [-0.3, -0.25) is 0 Å². The Kier molecular flexibility index (Phi) is 21.5. The van der Waals surface area contributed by atoms with Crippen molar-refractivity contribution in [1.82, 2.24) is 10.6 Å². The minimum atomic E-state index is -10.3. The molecular formula is C34H20F48N2O4. The molecular weight excluding hydrogens is 1410 g/mol. The first-order chi connectivity index (χ1) is 37.6. The predicted octanol–water partition coefficient (Wildman–Crippen LogP) is 17.1. The molecule has 0 saturated carbocycles. The molecule has 0 aromatic heterocycles. The van der Waals surface area contributed by atoms with Gasteiger partial charge in [0.25, 0.3) is 0 Å². The van der Waals surface area contributed by atoms with Gasteiger partial charge in [0.15, 0.2) is 0 Å². The van der Waals surface area contributed by atoms with Crippen molar-refractivity contribution >= 4 is 12.2 Å². The van der Waals surface area contributed by atoms with Crippen LogP contribution in [0.2, 0.25) is 0 Å². The lowest BCUT2D eigenvalue weighted by Crippen LogP contribution is -2.78. The molecule has 0 radical (unpaired) electrons. The van der Waals surface area contributed by atoms with Crippen molar-refractivity contribution in [2.24, 2.45) is 0 Å². The predicted molar refractivity (Wildman–Crippen MR) is 178 cm³/mol. The lowest BCUT2D eigenvalue weighted by Gasteiger charge is -2.47. The van der Waals surface area contributed by atoms with Gasteiger partial charge in [-0.2, -0.15) is 193 Å². The van der Waals surface area contributed by atoms with Gasteiger partial charge in [-0.1, -0.05) is 12.8 Å². The number of hydrogen-bond donors (Lipinski definition) is 4. The summed E-state index contributed by atoms with van der Waals surface area (Å²) in [6.45, 7) is -1.28. The quantitative estimate of drug-likeness (QED) is 0.0389.